The third-order valence-corrected chi connectivity index (χ3v) is 14.8. The van der Waals surface area contributed by atoms with Crippen LogP contribution in [0, 0.1) is 28.6 Å². The Hall–Kier alpha value is -3.82. The van der Waals surface area contributed by atoms with Crippen LogP contribution >= 0.6 is 23.5 Å². The summed E-state index contributed by atoms with van der Waals surface area (Å²) in [5.74, 6) is -6.43. The monoisotopic (exact) mass is 1080 g/mol. The van der Waals surface area contributed by atoms with Crippen LogP contribution in [0.15, 0.2) is 54.1 Å². The molecule has 1 saturated carbocycles. The van der Waals surface area contributed by atoms with E-state index in [9.17, 15) is 33.9 Å². The number of hydrogen-bond acceptors (Lipinski definition) is 18. The Morgan fingerprint density at radius 2 is 1.68 bits per heavy atom. The molecule has 17 nitrogen and oxygen atoms in total. The van der Waals surface area contributed by atoms with Crippen LogP contribution < -0.4 is 0 Å². The molecular formula is C54H79BClO17S. The third kappa shape index (κ3) is 17.9. The van der Waals surface area contributed by atoms with Gasteiger partial charge in [-0.25, -0.2) is 4.79 Å². The lowest BCUT2D eigenvalue weighted by atomic mass is 9.72. The van der Waals surface area contributed by atoms with Gasteiger partial charge in [0, 0.05) is 48.5 Å². The largest absolute Gasteiger partial charge is 0.466 e. The number of benzene rings is 1. The lowest BCUT2D eigenvalue weighted by Crippen LogP contribution is -2.62. The Kier molecular flexibility index (Phi) is 24.0. The Morgan fingerprint density at radius 1 is 0.973 bits per heavy atom. The molecule has 1 aromatic rings. The number of ether oxygens (including phenoxy) is 9. The van der Waals surface area contributed by atoms with Crippen LogP contribution in [0.25, 0.3) is 0 Å². The van der Waals surface area contributed by atoms with E-state index in [4.69, 9.17) is 59.8 Å². The smallest absolute Gasteiger partial charge is 0.330 e. The highest BCUT2D eigenvalue weighted by Crippen LogP contribution is 2.49. The molecule has 0 amide bonds. The Labute approximate surface area is 448 Å². The molecule has 1 spiro atoms. The summed E-state index contributed by atoms with van der Waals surface area (Å²) in [6.07, 6.45) is -0.557. The minimum absolute atomic E-state index is 0.0733. The molecule has 2 aliphatic heterocycles. The molecule has 413 valence electrons. The van der Waals surface area contributed by atoms with Gasteiger partial charge in [-0.3, -0.25) is 24.0 Å². The van der Waals surface area contributed by atoms with Crippen LogP contribution in [0.4, 0.5) is 0 Å². The third-order valence-electron chi connectivity index (χ3n) is 14.2. The second kappa shape index (κ2) is 29.1. The van der Waals surface area contributed by atoms with Gasteiger partial charge in [0.1, 0.15) is 24.4 Å². The van der Waals surface area contributed by atoms with Crippen molar-refractivity contribution in [2.45, 2.75) is 187 Å². The second-order valence-electron chi connectivity index (χ2n) is 21.2. The summed E-state index contributed by atoms with van der Waals surface area (Å²) in [6.45, 7) is 17.0. The number of halogens is 1. The Bertz CT molecular complexity index is 2090. The van der Waals surface area contributed by atoms with Gasteiger partial charge in [-0.1, -0.05) is 110 Å². The predicted molar refractivity (Wildman–Crippen MR) is 277 cm³/mol. The molecule has 74 heavy (non-hydrogen) atoms. The van der Waals surface area contributed by atoms with Crippen molar-refractivity contribution < 1.29 is 80.7 Å². The van der Waals surface area contributed by atoms with Crippen LogP contribution in [0.2, 0.25) is 0 Å². The lowest BCUT2D eigenvalue weighted by molar-refractivity contribution is -0.342. The van der Waals surface area contributed by atoms with E-state index in [2.05, 4.69) is 20.8 Å². The first-order valence-corrected chi connectivity index (χ1v) is 26.9. The molecular weight excluding hydrogens is 999 g/mol. The highest BCUT2D eigenvalue weighted by molar-refractivity contribution is 8.15. The molecule has 2 unspecified atom stereocenters. The van der Waals surface area contributed by atoms with Gasteiger partial charge in [-0.2, -0.15) is 0 Å². The fourth-order valence-electron chi connectivity index (χ4n) is 9.87. The van der Waals surface area contributed by atoms with Crippen molar-refractivity contribution in [3.63, 3.8) is 0 Å². The number of carbonyl (C=O) groups is 6. The maximum Gasteiger partial charge on any atom is 0.330 e. The topological polar surface area (TPSA) is 215 Å². The van der Waals surface area contributed by atoms with Gasteiger partial charge >= 0.3 is 29.8 Å². The molecule has 1 radical (unpaired) electrons. The first-order valence-electron chi connectivity index (χ1n) is 26.1. The summed E-state index contributed by atoms with van der Waals surface area (Å²) < 4.78 is 68.2. The van der Waals surface area contributed by atoms with Crippen molar-refractivity contribution in [1.82, 2.24) is 0 Å². The van der Waals surface area contributed by atoms with Crippen molar-refractivity contribution >= 4 is 66.7 Å². The SMILES string of the molecule is [3H][B]SO[C@H](CC(=O)O[C@@H](C[C@@H]1CCOC2(C[C@H](C)CC[C@H]2C(C)C)O1)C(C)(C)COC(=O)CCl)CC(=O)O[C@H](CC1C/C(=C\C(=O)OC)[C@H](OC(=O)CC)[C@](O)(C(C)(C)/C=C/C=O)O1)[C@H](C)OCc1ccccc1. The fraction of sp³-hybridized carbons (Fsp3) is 0.704. The van der Waals surface area contributed by atoms with Gasteiger partial charge in [0.15, 0.2) is 11.9 Å². The molecule has 3 aliphatic rings. The van der Waals surface area contributed by atoms with Gasteiger partial charge in [0.2, 0.25) is 12.9 Å². The number of methoxy groups -OCH3 is 1. The molecule has 0 bridgehead atoms. The summed E-state index contributed by atoms with van der Waals surface area (Å²) >= 11 is 6.38. The maximum atomic E-state index is 14.2. The second-order valence-corrected chi connectivity index (χ2v) is 21.9. The zero-order valence-electron chi connectivity index (χ0n) is 45.7. The Morgan fingerprint density at radius 3 is 2.31 bits per heavy atom. The minimum Gasteiger partial charge on any atom is -0.466 e. The zero-order valence-corrected chi connectivity index (χ0v) is 46.3. The number of allylic oxidation sites excluding steroid dienone is 1. The van der Waals surface area contributed by atoms with Crippen molar-refractivity contribution in [1.29, 1.82) is 1.34 Å². The summed E-state index contributed by atoms with van der Waals surface area (Å²) in [4.78, 5) is 77.9. The molecule has 11 atom stereocenters. The number of rotatable bonds is 28. The molecule has 20 heteroatoms. The van der Waals surface area contributed by atoms with Crippen LogP contribution in [0.5, 0.6) is 0 Å². The van der Waals surface area contributed by atoms with E-state index in [-0.39, 0.29) is 62.4 Å². The lowest BCUT2D eigenvalue weighted by Gasteiger charge is -2.52. The van der Waals surface area contributed by atoms with Crippen molar-refractivity contribution in [2.24, 2.45) is 28.6 Å². The highest BCUT2D eigenvalue weighted by Gasteiger charge is 2.58. The fourth-order valence-corrected chi connectivity index (χ4v) is 10.2. The van der Waals surface area contributed by atoms with Crippen LogP contribution in [0.3, 0.4) is 0 Å². The van der Waals surface area contributed by atoms with E-state index in [0.29, 0.717) is 43.0 Å². The standard InChI is InChI=1S/C54H79BClO17S/c1-11-45(58)70-50-38(25-46(59)64-10)24-40(72-54(50,63)52(8,9)21-15-22-57)26-43(36(5)65-32-37-16-13-12-14-17-37)68-47(60)28-41(73-74-55)29-48(61)69-44(51(6,7)33-66-49(62)31-56)27-39-20-23-67-53(71-39)30-35(4)18-19-42(53)34(2)3/h12-17,21-22,25,34-36,39-44,50,55,63H,11,18-20,23-24,26-33H2,1-10H3/b21-15+,38-25+/t35-,36+,39+,40?,41+,42+,43-,44+,50+,53?,54-/m1/s1/i55T. The van der Waals surface area contributed by atoms with E-state index in [0.717, 1.165) is 44.1 Å². The molecule has 4 rings (SSSR count). The van der Waals surface area contributed by atoms with E-state index in [1.807, 2.05) is 44.2 Å². The average Bonchev–Trinajstić information content (AvgIpc) is 3.36. The van der Waals surface area contributed by atoms with Gasteiger partial charge in [-0.15, -0.1) is 11.6 Å². The molecule has 3 fully saturated rings. The van der Waals surface area contributed by atoms with Crippen molar-refractivity contribution in [3.8, 4) is 0 Å². The number of aliphatic hydroxyl groups is 1. The molecule has 1 aliphatic carbocycles. The molecule has 0 aromatic heterocycles. The first kappa shape index (κ1) is 61.0. The van der Waals surface area contributed by atoms with Gasteiger partial charge < -0.3 is 51.9 Å². The van der Waals surface area contributed by atoms with Crippen molar-refractivity contribution in [2.75, 3.05) is 26.2 Å². The van der Waals surface area contributed by atoms with E-state index in [1.165, 1.54) is 13.2 Å². The molecule has 1 aromatic carbocycles. The maximum absolute atomic E-state index is 14.2. The summed E-state index contributed by atoms with van der Waals surface area (Å²) in [6, 6.07) is 9.28. The van der Waals surface area contributed by atoms with Gasteiger partial charge in [0.05, 0.1) is 64.2 Å². The predicted octanol–water partition coefficient (Wildman–Crippen LogP) is 7.91. The highest BCUT2D eigenvalue weighted by atomic mass is 35.5. The number of esters is 5. The van der Waals surface area contributed by atoms with E-state index >= 15 is 0 Å². The number of alkyl halides is 1. The number of aldehydes is 1. The van der Waals surface area contributed by atoms with Crippen LogP contribution in [0.1, 0.15) is 132 Å². The van der Waals surface area contributed by atoms with E-state index in [1.54, 1.807) is 27.7 Å². The molecule has 2 saturated heterocycles. The quantitative estimate of drug-likeness (QED) is 0.0160. The summed E-state index contributed by atoms with van der Waals surface area (Å²) in [5, 5.41) is 12.6. The van der Waals surface area contributed by atoms with Crippen LogP contribution in [-0.4, -0.2) is 130 Å². The van der Waals surface area contributed by atoms with E-state index < -0.39 is 102 Å². The number of carbonyl (C=O) groups excluding carboxylic acids is 6. The average molecular weight is 1080 g/mol. The zero-order chi connectivity index (χ0) is 55.6. The van der Waals surface area contributed by atoms with Gasteiger partial charge in [0.25, 0.3) is 0 Å². The number of hydrogen-bond donors (Lipinski definition) is 1. The normalized spacial score (nSPS) is 26.9. The minimum atomic E-state index is -2.40. The van der Waals surface area contributed by atoms with Crippen molar-refractivity contribution in [3.05, 3.63) is 59.7 Å². The Balaban J connectivity index is 1.63. The summed E-state index contributed by atoms with van der Waals surface area (Å²) in [7, 11) is 2.07. The first-order chi connectivity index (χ1) is 35.4. The summed E-state index contributed by atoms with van der Waals surface area (Å²) in [5.41, 5.74) is -1.42. The molecule has 2 heterocycles. The molecule has 1 N–H and O–H groups in total. The van der Waals surface area contributed by atoms with Crippen LogP contribution in [-0.2, 0) is 82.2 Å². The van der Waals surface area contributed by atoms with Gasteiger partial charge in [-0.05, 0) is 56.6 Å².